The molecule has 0 aliphatic heterocycles. The van der Waals surface area contributed by atoms with Crippen molar-refractivity contribution in [3.63, 3.8) is 0 Å². The van der Waals surface area contributed by atoms with Crippen molar-refractivity contribution in [3.05, 3.63) is 33.3 Å². The van der Waals surface area contributed by atoms with Gasteiger partial charge in [-0.15, -0.1) is 0 Å². The highest BCUT2D eigenvalue weighted by molar-refractivity contribution is 9.10. The molecule has 0 heterocycles. The zero-order valence-corrected chi connectivity index (χ0v) is 13.2. The maximum atomic E-state index is 11.7. The second-order valence-corrected chi connectivity index (χ2v) is 6.32. The SMILES string of the molecule is C[C@H](NC(=O)OC(C)(C)C)c1cc(Cl)ccc1Br. The number of ether oxygens (including phenoxy) is 1. The van der Waals surface area contributed by atoms with Crippen LogP contribution >= 0.6 is 27.5 Å². The lowest BCUT2D eigenvalue weighted by molar-refractivity contribution is 0.0508. The minimum Gasteiger partial charge on any atom is -0.444 e. The van der Waals surface area contributed by atoms with Crippen molar-refractivity contribution in [3.8, 4) is 0 Å². The number of rotatable bonds is 2. The third kappa shape index (κ3) is 4.86. The molecule has 1 atom stereocenters. The number of carbonyl (C=O) groups excluding carboxylic acids is 1. The molecule has 18 heavy (non-hydrogen) atoms. The van der Waals surface area contributed by atoms with Crippen molar-refractivity contribution in [2.45, 2.75) is 39.3 Å². The Labute approximate surface area is 121 Å². The minimum atomic E-state index is -0.505. The van der Waals surface area contributed by atoms with Crippen LogP contribution in [0.15, 0.2) is 22.7 Å². The predicted molar refractivity (Wildman–Crippen MR) is 76.9 cm³/mol. The summed E-state index contributed by atoms with van der Waals surface area (Å²) in [7, 11) is 0. The van der Waals surface area contributed by atoms with Gasteiger partial charge in [-0.05, 0) is 51.5 Å². The average molecular weight is 335 g/mol. The number of hydrogen-bond donors (Lipinski definition) is 1. The van der Waals surface area contributed by atoms with Crippen molar-refractivity contribution < 1.29 is 9.53 Å². The highest BCUT2D eigenvalue weighted by Crippen LogP contribution is 2.26. The summed E-state index contributed by atoms with van der Waals surface area (Å²) in [5.74, 6) is 0. The molecule has 5 heteroatoms. The molecule has 0 aliphatic carbocycles. The van der Waals surface area contributed by atoms with Crippen LogP contribution in [0.1, 0.15) is 39.3 Å². The van der Waals surface area contributed by atoms with Crippen LogP contribution in [0.2, 0.25) is 5.02 Å². The molecule has 3 nitrogen and oxygen atoms in total. The molecule has 0 saturated heterocycles. The van der Waals surface area contributed by atoms with Gasteiger partial charge in [-0.1, -0.05) is 27.5 Å². The Kier molecular flexibility index (Phi) is 5.05. The second kappa shape index (κ2) is 5.93. The minimum absolute atomic E-state index is 0.187. The molecule has 1 aromatic carbocycles. The van der Waals surface area contributed by atoms with Crippen molar-refractivity contribution >= 4 is 33.6 Å². The van der Waals surface area contributed by atoms with E-state index in [9.17, 15) is 4.79 Å². The van der Waals surface area contributed by atoms with Gasteiger partial charge >= 0.3 is 6.09 Å². The zero-order valence-electron chi connectivity index (χ0n) is 10.9. The monoisotopic (exact) mass is 333 g/mol. The van der Waals surface area contributed by atoms with E-state index in [0.717, 1.165) is 10.0 Å². The fraction of sp³-hybridized carbons (Fsp3) is 0.462. The van der Waals surface area contributed by atoms with E-state index >= 15 is 0 Å². The lowest BCUT2D eigenvalue weighted by atomic mass is 10.1. The van der Waals surface area contributed by atoms with Crippen LogP contribution in [0.5, 0.6) is 0 Å². The van der Waals surface area contributed by atoms with Crippen molar-refractivity contribution in [2.75, 3.05) is 0 Å². The Balaban J connectivity index is 2.73. The van der Waals surface area contributed by atoms with Crippen molar-refractivity contribution in [1.82, 2.24) is 5.32 Å². The van der Waals surface area contributed by atoms with Crippen LogP contribution in [0.3, 0.4) is 0 Å². The van der Waals surface area contributed by atoms with Gasteiger partial charge in [0.25, 0.3) is 0 Å². The number of hydrogen-bond acceptors (Lipinski definition) is 2. The van der Waals surface area contributed by atoms with E-state index in [1.54, 1.807) is 6.07 Å². The highest BCUT2D eigenvalue weighted by atomic mass is 79.9. The van der Waals surface area contributed by atoms with Gasteiger partial charge in [-0.25, -0.2) is 4.79 Å². The first-order chi connectivity index (χ1) is 8.19. The molecule has 0 fully saturated rings. The molecule has 0 spiro atoms. The van der Waals surface area contributed by atoms with E-state index in [1.807, 2.05) is 39.8 Å². The summed E-state index contributed by atoms with van der Waals surface area (Å²) in [4.78, 5) is 11.7. The maximum Gasteiger partial charge on any atom is 0.408 e. The number of alkyl carbamates (subject to hydrolysis) is 1. The fourth-order valence-corrected chi connectivity index (χ4v) is 2.18. The molecule has 0 radical (unpaired) electrons. The van der Waals surface area contributed by atoms with Gasteiger partial charge in [0, 0.05) is 9.50 Å². The number of amides is 1. The molecular weight excluding hydrogens is 318 g/mol. The molecule has 1 N–H and O–H groups in total. The molecule has 1 amide bonds. The normalized spacial score (nSPS) is 13.0. The summed E-state index contributed by atoms with van der Waals surface area (Å²) in [6, 6.07) is 5.27. The highest BCUT2D eigenvalue weighted by Gasteiger charge is 2.19. The van der Waals surface area contributed by atoms with E-state index < -0.39 is 11.7 Å². The van der Waals surface area contributed by atoms with E-state index in [2.05, 4.69) is 21.2 Å². The van der Waals surface area contributed by atoms with Gasteiger partial charge in [0.2, 0.25) is 0 Å². The van der Waals surface area contributed by atoms with Crippen LogP contribution in [-0.4, -0.2) is 11.7 Å². The van der Waals surface area contributed by atoms with Gasteiger partial charge in [0.05, 0.1) is 6.04 Å². The molecule has 100 valence electrons. The summed E-state index contributed by atoms with van der Waals surface area (Å²) in [6.45, 7) is 7.35. The van der Waals surface area contributed by atoms with Gasteiger partial charge in [0.15, 0.2) is 0 Å². The molecule has 1 aromatic rings. The van der Waals surface area contributed by atoms with E-state index in [4.69, 9.17) is 16.3 Å². The third-order valence-electron chi connectivity index (χ3n) is 2.16. The molecule has 0 saturated carbocycles. The standard InChI is InChI=1S/C13H17BrClNO2/c1-8(16-12(17)18-13(2,3)4)10-7-9(15)5-6-11(10)14/h5-8H,1-4H3,(H,16,17)/t8-/m0/s1. The lowest BCUT2D eigenvalue weighted by Gasteiger charge is -2.22. The van der Waals surface area contributed by atoms with Gasteiger partial charge in [0.1, 0.15) is 5.60 Å². The van der Waals surface area contributed by atoms with Crippen LogP contribution in [0.4, 0.5) is 4.79 Å². The molecule has 0 aliphatic rings. The largest absolute Gasteiger partial charge is 0.444 e. The maximum absolute atomic E-state index is 11.7. The number of halogens is 2. The second-order valence-electron chi connectivity index (χ2n) is 5.03. The van der Waals surface area contributed by atoms with Crippen molar-refractivity contribution in [2.24, 2.45) is 0 Å². The molecule has 0 unspecified atom stereocenters. The Bertz CT molecular complexity index is 443. The molecule has 0 aromatic heterocycles. The van der Waals surface area contributed by atoms with Crippen LogP contribution in [0.25, 0.3) is 0 Å². The first-order valence-corrected chi connectivity index (χ1v) is 6.80. The van der Waals surface area contributed by atoms with Gasteiger partial charge < -0.3 is 10.1 Å². The first-order valence-electron chi connectivity index (χ1n) is 5.63. The lowest BCUT2D eigenvalue weighted by Crippen LogP contribution is -2.34. The zero-order chi connectivity index (χ0) is 13.9. The summed E-state index contributed by atoms with van der Waals surface area (Å²) >= 11 is 9.37. The summed E-state index contributed by atoms with van der Waals surface area (Å²) in [5, 5.41) is 3.40. The Morgan fingerprint density at radius 2 is 2.06 bits per heavy atom. The van der Waals surface area contributed by atoms with E-state index in [0.29, 0.717) is 5.02 Å². The average Bonchev–Trinajstić information content (AvgIpc) is 2.18. The Morgan fingerprint density at radius 1 is 1.44 bits per heavy atom. The van der Waals surface area contributed by atoms with Gasteiger partial charge in [-0.3, -0.25) is 0 Å². The first kappa shape index (κ1) is 15.3. The van der Waals surface area contributed by atoms with Crippen molar-refractivity contribution in [1.29, 1.82) is 0 Å². The Morgan fingerprint density at radius 3 is 2.61 bits per heavy atom. The number of nitrogens with one attached hydrogen (secondary N) is 1. The third-order valence-corrected chi connectivity index (χ3v) is 3.12. The van der Waals surface area contributed by atoms with E-state index in [-0.39, 0.29) is 6.04 Å². The molecule has 1 rings (SSSR count). The Hall–Kier alpha value is -0.740. The number of carbonyl (C=O) groups is 1. The summed E-state index contributed by atoms with van der Waals surface area (Å²) in [5.41, 5.74) is 0.406. The van der Waals surface area contributed by atoms with E-state index in [1.165, 1.54) is 0 Å². The number of benzene rings is 1. The van der Waals surface area contributed by atoms with Crippen LogP contribution in [-0.2, 0) is 4.74 Å². The quantitative estimate of drug-likeness (QED) is 0.852. The van der Waals surface area contributed by atoms with Crippen LogP contribution in [0, 0.1) is 0 Å². The summed E-state index contributed by atoms with van der Waals surface area (Å²) in [6.07, 6.45) is -0.443. The van der Waals surface area contributed by atoms with Crippen LogP contribution < -0.4 is 5.32 Å². The molecular formula is C13H17BrClNO2. The molecule has 0 bridgehead atoms. The smallest absolute Gasteiger partial charge is 0.408 e. The predicted octanol–water partition coefficient (Wildman–Crippen LogP) is 4.69. The fourth-order valence-electron chi connectivity index (χ4n) is 1.41. The van der Waals surface area contributed by atoms with Gasteiger partial charge in [-0.2, -0.15) is 0 Å². The topological polar surface area (TPSA) is 38.3 Å². The summed E-state index contributed by atoms with van der Waals surface area (Å²) < 4.78 is 6.10.